The van der Waals surface area contributed by atoms with E-state index in [4.69, 9.17) is 10.5 Å². The molecular formula is C14H18FNO. The molecule has 3 heteroatoms. The highest BCUT2D eigenvalue weighted by Crippen LogP contribution is 2.20. The molecule has 1 aromatic rings. The van der Waals surface area contributed by atoms with Crippen LogP contribution in [0.25, 0.3) is 0 Å². The van der Waals surface area contributed by atoms with E-state index >= 15 is 0 Å². The van der Waals surface area contributed by atoms with Crippen molar-refractivity contribution in [3.63, 3.8) is 0 Å². The molecule has 0 aliphatic heterocycles. The number of rotatable bonds is 6. The molecule has 0 bridgehead atoms. The Labute approximate surface area is 102 Å². The average molecular weight is 235 g/mol. The molecule has 0 aliphatic carbocycles. The van der Waals surface area contributed by atoms with Crippen LogP contribution >= 0.6 is 0 Å². The number of ether oxygens (including phenoxy) is 1. The van der Waals surface area contributed by atoms with Crippen LogP contribution in [0.2, 0.25) is 0 Å². The molecule has 2 nitrogen and oxygen atoms in total. The van der Waals surface area contributed by atoms with Crippen LogP contribution in [0, 0.1) is 17.7 Å². The van der Waals surface area contributed by atoms with Crippen LogP contribution in [0.1, 0.15) is 31.7 Å². The summed E-state index contributed by atoms with van der Waals surface area (Å²) in [4.78, 5) is 0. The number of halogens is 1. The van der Waals surface area contributed by atoms with Gasteiger partial charge in [0.2, 0.25) is 0 Å². The second-order valence-electron chi connectivity index (χ2n) is 3.67. The van der Waals surface area contributed by atoms with Gasteiger partial charge < -0.3 is 10.5 Å². The minimum atomic E-state index is -0.344. The SMILES string of the molecule is CC#CCCCCOc1cccc(CN)c1F. The Morgan fingerprint density at radius 2 is 2.18 bits per heavy atom. The summed E-state index contributed by atoms with van der Waals surface area (Å²) >= 11 is 0. The van der Waals surface area contributed by atoms with Crippen molar-refractivity contribution in [2.45, 2.75) is 32.7 Å². The Bertz CT molecular complexity index is 406. The Balaban J connectivity index is 2.38. The third kappa shape index (κ3) is 4.46. The van der Waals surface area contributed by atoms with Gasteiger partial charge in [0.05, 0.1) is 6.61 Å². The van der Waals surface area contributed by atoms with Crippen LogP contribution in [0.15, 0.2) is 18.2 Å². The van der Waals surface area contributed by atoms with Crippen molar-refractivity contribution in [2.75, 3.05) is 6.61 Å². The molecule has 0 aliphatic rings. The van der Waals surface area contributed by atoms with Gasteiger partial charge in [-0.2, -0.15) is 0 Å². The molecule has 1 aromatic carbocycles. The van der Waals surface area contributed by atoms with Gasteiger partial charge >= 0.3 is 0 Å². The third-order valence-electron chi connectivity index (χ3n) is 2.39. The van der Waals surface area contributed by atoms with E-state index in [1.54, 1.807) is 18.2 Å². The first kappa shape index (κ1) is 13.5. The molecule has 0 radical (unpaired) electrons. The summed E-state index contributed by atoms with van der Waals surface area (Å²) in [5, 5.41) is 0. The summed E-state index contributed by atoms with van der Waals surface area (Å²) in [5.74, 6) is 5.76. The van der Waals surface area contributed by atoms with E-state index in [0.717, 1.165) is 19.3 Å². The van der Waals surface area contributed by atoms with Crippen LogP contribution in [-0.4, -0.2) is 6.61 Å². The quantitative estimate of drug-likeness (QED) is 0.608. The third-order valence-corrected chi connectivity index (χ3v) is 2.39. The Morgan fingerprint density at radius 3 is 2.88 bits per heavy atom. The normalized spacial score (nSPS) is 9.59. The zero-order chi connectivity index (χ0) is 12.5. The van der Waals surface area contributed by atoms with Gasteiger partial charge in [0, 0.05) is 18.5 Å². The largest absolute Gasteiger partial charge is 0.491 e. The lowest BCUT2D eigenvalue weighted by atomic mass is 10.2. The molecule has 0 amide bonds. The highest BCUT2D eigenvalue weighted by Gasteiger charge is 2.07. The molecule has 2 N–H and O–H groups in total. The molecule has 0 unspecified atom stereocenters. The summed E-state index contributed by atoms with van der Waals surface area (Å²) in [5.41, 5.74) is 5.90. The summed E-state index contributed by atoms with van der Waals surface area (Å²) in [7, 11) is 0. The predicted octanol–water partition coefficient (Wildman–Crippen LogP) is 2.86. The lowest BCUT2D eigenvalue weighted by Gasteiger charge is -2.08. The minimum absolute atomic E-state index is 0.190. The van der Waals surface area contributed by atoms with Gasteiger partial charge in [-0.1, -0.05) is 12.1 Å². The van der Waals surface area contributed by atoms with Crippen LogP contribution in [0.4, 0.5) is 4.39 Å². The Kier molecular flexibility index (Phi) is 6.13. The molecule has 0 spiro atoms. The molecule has 0 atom stereocenters. The fourth-order valence-electron chi connectivity index (χ4n) is 1.45. The maximum atomic E-state index is 13.7. The monoisotopic (exact) mass is 235 g/mol. The van der Waals surface area contributed by atoms with E-state index in [1.807, 2.05) is 6.92 Å². The topological polar surface area (TPSA) is 35.2 Å². The van der Waals surface area contributed by atoms with Crippen LogP contribution in [-0.2, 0) is 6.54 Å². The standard InChI is InChI=1S/C14H18FNO/c1-2-3-4-5-6-10-17-13-9-7-8-12(11-16)14(13)15/h7-9H,4-6,10-11,16H2,1H3. The Morgan fingerprint density at radius 1 is 1.35 bits per heavy atom. The molecular weight excluding hydrogens is 217 g/mol. The van der Waals surface area contributed by atoms with Crippen molar-refractivity contribution in [3.8, 4) is 17.6 Å². The second kappa shape index (κ2) is 7.70. The number of hydrogen-bond donors (Lipinski definition) is 1. The van der Waals surface area contributed by atoms with Crippen LogP contribution in [0.5, 0.6) is 5.75 Å². The maximum absolute atomic E-state index is 13.7. The smallest absolute Gasteiger partial charge is 0.169 e. The van der Waals surface area contributed by atoms with Gasteiger partial charge in [-0.05, 0) is 25.8 Å². The van der Waals surface area contributed by atoms with E-state index in [-0.39, 0.29) is 18.1 Å². The number of nitrogens with two attached hydrogens (primary N) is 1. The molecule has 17 heavy (non-hydrogen) atoms. The average Bonchev–Trinajstić information content (AvgIpc) is 2.35. The van der Waals surface area contributed by atoms with Gasteiger partial charge in [-0.15, -0.1) is 11.8 Å². The number of hydrogen-bond acceptors (Lipinski definition) is 2. The molecule has 0 aromatic heterocycles. The van der Waals surface area contributed by atoms with E-state index in [1.165, 1.54) is 0 Å². The summed E-state index contributed by atoms with van der Waals surface area (Å²) in [6.45, 7) is 2.52. The van der Waals surface area contributed by atoms with E-state index < -0.39 is 0 Å². The second-order valence-corrected chi connectivity index (χ2v) is 3.67. The Hall–Kier alpha value is -1.53. The highest BCUT2D eigenvalue weighted by molar-refractivity contribution is 5.30. The van der Waals surface area contributed by atoms with Gasteiger partial charge in [-0.3, -0.25) is 0 Å². The fraction of sp³-hybridized carbons (Fsp3) is 0.429. The first-order valence-corrected chi connectivity index (χ1v) is 5.79. The van der Waals surface area contributed by atoms with Crippen molar-refractivity contribution in [1.29, 1.82) is 0 Å². The van der Waals surface area contributed by atoms with Crippen molar-refractivity contribution in [1.82, 2.24) is 0 Å². The molecule has 0 heterocycles. The van der Waals surface area contributed by atoms with Crippen LogP contribution < -0.4 is 10.5 Å². The summed E-state index contributed by atoms with van der Waals surface area (Å²) in [6, 6.07) is 5.04. The first-order chi connectivity index (χ1) is 8.29. The first-order valence-electron chi connectivity index (χ1n) is 5.79. The summed E-state index contributed by atoms with van der Waals surface area (Å²) in [6.07, 6.45) is 2.71. The van der Waals surface area contributed by atoms with Crippen LogP contribution in [0.3, 0.4) is 0 Å². The van der Waals surface area contributed by atoms with Gasteiger partial charge in [0.25, 0.3) is 0 Å². The number of unbranched alkanes of at least 4 members (excludes halogenated alkanes) is 2. The van der Waals surface area contributed by atoms with Gasteiger partial charge in [-0.25, -0.2) is 4.39 Å². The zero-order valence-electron chi connectivity index (χ0n) is 10.1. The van der Waals surface area contributed by atoms with E-state index in [2.05, 4.69) is 11.8 Å². The van der Waals surface area contributed by atoms with E-state index in [9.17, 15) is 4.39 Å². The van der Waals surface area contributed by atoms with E-state index in [0.29, 0.717) is 12.2 Å². The zero-order valence-corrected chi connectivity index (χ0v) is 10.1. The molecule has 92 valence electrons. The summed E-state index contributed by atoms with van der Waals surface area (Å²) < 4.78 is 19.1. The lowest BCUT2D eigenvalue weighted by Crippen LogP contribution is -2.04. The molecule has 0 saturated carbocycles. The maximum Gasteiger partial charge on any atom is 0.169 e. The minimum Gasteiger partial charge on any atom is -0.491 e. The van der Waals surface area contributed by atoms with Crippen molar-refractivity contribution >= 4 is 0 Å². The molecule has 1 rings (SSSR count). The number of benzene rings is 1. The molecule has 0 saturated heterocycles. The van der Waals surface area contributed by atoms with Gasteiger partial charge in [0.15, 0.2) is 11.6 Å². The highest BCUT2D eigenvalue weighted by atomic mass is 19.1. The predicted molar refractivity (Wildman–Crippen MR) is 67.1 cm³/mol. The van der Waals surface area contributed by atoms with Crippen molar-refractivity contribution in [2.24, 2.45) is 5.73 Å². The van der Waals surface area contributed by atoms with Crippen molar-refractivity contribution in [3.05, 3.63) is 29.6 Å². The van der Waals surface area contributed by atoms with Gasteiger partial charge in [0.1, 0.15) is 0 Å². The molecule has 0 fully saturated rings. The van der Waals surface area contributed by atoms with Crippen molar-refractivity contribution < 1.29 is 9.13 Å². The fourth-order valence-corrected chi connectivity index (χ4v) is 1.45. The lowest BCUT2D eigenvalue weighted by molar-refractivity contribution is 0.292.